The fourth-order valence-corrected chi connectivity index (χ4v) is 1.58. The molecular weight excluding hydrogens is 343 g/mol. The van der Waals surface area contributed by atoms with E-state index in [1.807, 2.05) is 6.08 Å². The number of rotatable bonds is 9. The van der Waals surface area contributed by atoms with Crippen molar-refractivity contribution in [3.8, 4) is 0 Å². The summed E-state index contributed by atoms with van der Waals surface area (Å²) in [6.07, 6.45) is 23.1. The van der Waals surface area contributed by atoms with Crippen molar-refractivity contribution in [3.05, 3.63) is 50.3 Å². The van der Waals surface area contributed by atoms with E-state index in [9.17, 15) is 0 Å². The minimum Gasteiger partial charge on any atom is -0.343 e. The van der Waals surface area contributed by atoms with E-state index in [0.29, 0.717) is 0 Å². The quantitative estimate of drug-likeness (QED) is 0.221. The molecule has 0 atom stereocenters. The maximum Gasteiger partial charge on any atom is 3.00 e. The van der Waals surface area contributed by atoms with Crippen LogP contribution in [0.5, 0.6) is 0 Å². The predicted molar refractivity (Wildman–Crippen MR) is 98.9 cm³/mol. The summed E-state index contributed by atoms with van der Waals surface area (Å²) < 4.78 is 0. The molecule has 0 nitrogen and oxygen atoms in total. The second kappa shape index (κ2) is 26.0. The maximum atomic E-state index is 3.72. The van der Waals surface area contributed by atoms with Gasteiger partial charge in [0.25, 0.3) is 0 Å². The third-order valence-corrected chi connectivity index (χ3v) is 3.08. The van der Waals surface area contributed by atoms with Crippen molar-refractivity contribution < 1.29 is 26.2 Å². The Hall–Kier alpha value is 0.103. The molecule has 0 unspecified atom stereocenters. The van der Waals surface area contributed by atoms with Gasteiger partial charge in [-0.3, -0.25) is 6.08 Å². The van der Waals surface area contributed by atoms with E-state index >= 15 is 0 Å². The van der Waals surface area contributed by atoms with E-state index in [1.54, 1.807) is 0 Å². The summed E-state index contributed by atoms with van der Waals surface area (Å²) in [6, 6.07) is 0. The third-order valence-electron chi connectivity index (χ3n) is 3.08. The summed E-state index contributed by atoms with van der Waals surface area (Å²) in [6.45, 7) is 15.2. The Morgan fingerprint density at radius 2 is 1.64 bits per heavy atom. The van der Waals surface area contributed by atoms with Gasteiger partial charge in [-0.25, -0.2) is 11.6 Å². The van der Waals surface area contributed by atoms with E-state index in [2.05, 4.69) is 52.5 Å². The molecule has 1 heteroatoms. The Morgan fingerprint density at radius 1 is 1.09 bits per heavy atom. The standard InChI is InChI=1S/C13H19.2C4H9.Zr/c1-2-3-4-5-6-7-10-13-11-8-9-12-13;2*1-3-4-2;/h2,8,11H,1,3-7,9-10H2;2*1,3-4H2,2H3;/q3*-1;+3. The molecule has 22 heavy (non-hydrogen) atoms. The Morgan fingerprint density at radius 3 is 2.05 bits per heavy atom. The van der Waals surface area contributed by atoms with Gasteiger partial charge < -0.3 is 13.8 Å². The number of hydrogen-bond donors (Lipinski definition) is 0. The normalized spacial score (nSPS) is 11.4. The average molecular weight is 381 g/mol. The summed E-state index contributed by atoms with van der Waals surface area (Å²) in [4.78, 5) is 0. The average Bonchev–Trinajstić information content (AvgIpc) is 3.04. The van der Waals surface area contributed by atoms with Crippen LogP contribution in [-0.4, -0.2) is 0 Å². The molecule has 0 spiro atoms. The molecule has 0 saturated carbocycles. The monoisotopic (exact) mass is 379 g/mol. The predicted octanol–water partition coefficient (Wildman–Crippen LogP) is 7.44. The summed E-state index contributed by atoms with van der Waals surface area (Å²) in [5, 5.41) is 0. The SMILES string of the molecule is C=CCCCCCCC1=[C-]CC=C1.[CH2-]CCC.[CH2-]CCC.[Zr+3]. The van der Waals surface area contributed by atoms with Crippen LogP contribution in [0.4, 0.5) is 0 Å². The van der Waals surface area contributed by atoms with Crippen molar-refractivity contribution in [2.75, 3.05) is 0 Å². The molecule has 125 valence electrons. The molecule has 0 N–H and O–H groups in total. The van der Waals surface area contributed by atoms with Gasteiger partial charge >= 0.3 is 26.2 Å². The second-order valence-corrected chi connectivity index (χ2v) is 5.26. The first-order chi connectivity index (χ1) is 10.3. The van der Waals surface area contributed by atoms with E-state index in [0.717, 1.165) is 19.3 Å². The van der Waals surface area contributed by atoms with Crippen LogP contribution in [-0.2, 0) is 26.2 Å². The Bertz CT molecular complexity index is 243. The molecule has 1 rings (SSSR count). The van der Waals surface area contributed by atoms with Gasteiger partial charge in [-0.15, -0.1) is 13.0 Å². The van der Waals surface area contributed by atoms with Crippen molar-refractivity contribution in [3.63, 3.8) is 0 Å². The zero-order chi connectivity index (χ0) is 16.2. The number of allylic oxidation sites excluding steroid dienone is 5. The minimum atomic E-state index is 0. The maximum absolute atomic E-state index is 3.72. The van der Waals surface area contributed by atoms with Crippen LogP contribution in [0.25, 0.3) is 0 Å². The van der Waals surface area contributed by atoms with Gasteiger partial charge in [0.15, 0.2) is 0 Å². The molecular formula is C21H37Zr. The molecule has 1 radical (unpaired) electrons. The van der Waals surface area contributed by atoms with Crippen LogP contribution in [0, 0.1) is 19.9 Å². The topological polar surface area (TPSA) is 0 Å². The van der Waals surface area contributed by atoms with Crippen molar-refractivity contribution in [1.82, 2.24) is 0 Å². The Balaban J connectivity index is -0.000000338. The van der Waals surface area contributed by atoms with Crippen LogP contribution < -0.4 is 0 Å². The van der Waals surface area contributed by atoms with Gasteiger partial charge in [0.2, 0.25) is 0 Å². The zero-order valence-electron chi connectivity index (χ0n) is 15.1. The van der Waals surface area contributed by atoms with Crippen LogP contribution in [0.15, 0.2) is 30.4 Å². The molecule has 1 aliphatic carbocycles. The van der Waals surface area contributed by atoms with Crippen molar-refractivity contribution in [2.24, 2.45) is 0 Å². The molecule has 0 amide bonds. The van der Waals surface area contributed by atoms with Gasteiger partial charge in [-0.2, -0.15) is 18.9 Å². The first-order valence-electron chi connectivity index (χ1n) is 8.72. The van der Waals surface area contributed by atoms with Crippen LogP contribution >= 0.6 is 0 Å². The summed E-state index contributed by atoms with van der Waals surface area (Å²) in [5.41, 5.74) is 1.42. The molecule has 0 heterocycles. The molecule has 0 aromatic rings. The van der Waals surface area contributed by atoms with Gasteiger partial charge in [0.1, 0.15) is 0 Å². The van der Waals surface area contributed by atoms with Gasteiger partial charge in [0, 0.05) is 0 Å². The zero-order valence-corrected chi connectivity index (χ0v) is 17.6. The molecule has 0 fully saturated rings. The van der Waals surface area contributed by atoms with Crippen LogP contribution in [0.2, 0.25) is 0 Å². The van der Waals surface area contributed by atoms with Crippen LogP contribution in [0.3, 0.4) is 0 Å². The van der Waals surface area contributed by atoms with Crippen molar-refractivity contribution >= 4 is 0 Å². The number of unbranched alkanes of at least 4 members (excludes halogenated alkanes) is 6. The first kappa shape index (κ1) is 27.0. The molecule has 0 bridgehead atoms. The molecule has 0 aliphatic heterocycles. The van der Waals surface area contributed by atoms with Gasteiger partial charge in [-0.1, -0.05) is 58.4 Å². The van der Waals surface area contributed by atoms with E-state index in [-0.39, 0.29) is 26.2 Å². The van der Waals surface area contributed by atoms with E-state index < -0.39 is 0 Å². The summed E-state index contributed by atoms with van der Waals surface area (Å²) >= 11 is 0. The molecule has 0 aromatic carbocycles. The minimum absolute atomic E-state index is 0. The fourth-order valence-electron chi connectivity index (χ4n) is 1.58. The number of hydrogen-bond acceptors (Lipinski definition) is 0. The summed E-state index contributed by atoms with van der Waals surface area (Å²) in [7, 11) is 0. The van der Waals surface area contributed by atoms with Crippen molar-refractivity contribution in [2.45, 2.75) is 84.5 Å². The largest absolute Gasteiger partial charge is 3.00 e. The second-order valence-electron chi connectivity index (χ2n) is 5.26. The summed E-state index contributed by atoms with van der Waals surface area (Å²) in [5.74, 6) is 0. The molecule has 0 saturated heterocycles. The Labute approximate surface area is 160 Å². The van der Waals surface area contributed by atoms with Crippen LogP contribution in [0.1, 0.15) is 84.5 Å². The molecule has 1 aliphatic rings. The van der Waals surface area contributed by atoms with E-state index in [1.165, 1.54) is 56.9 Å². The van der Waals surface area contributed by atoms with Gasteiger partial charge in [-0.05, 0) is 12.8 Å². The molecule has 0 aromatic heterocycles. The van der Waals surface area contributed by atoms with E-state index in [4.69, 9.17) is 0 Å². The third kappa shape index (κ3) is 25.1. The Kier molecular flexibility index (Phi) is 31.9. The smallest absolute Gasteiger partial charge is 0.343 e. The first-order valence-corrected chi connectivity index (χ1v) is 8.72. The fraction of sp³-hybridized carbons (Fsp3) is 0.619. The van der Waals surface area contributed by atoms with Crippen molar-refractivity contribution in [1.29, 1.82) is 0 Å². The van der Waals surface area contributed by atoms with Gasteiger partial charge in [0.05, 0.1) is 0 Å².